The number of pyridine rings is 1. The Morgan fingerprint density at radius 1 is 1.04 bits per heavy atom. The molecule has 0 spiro atoms. The van der Waals surface area contributed by atoms with Crippen molar-refractivity contribution in [3.8, 4) is 22.9 Å². The molecule has 0 bridgehead atoms. The summed E-state index contributed by atoms with van der Waals surface area (Å²) in [7, 11) is 0. The molecule has 3 nitrogen and oxygen atoms in total. The number of aryl methyl sites for hydroxylation is 2. The van der Waals surface area contributed by atoms with Crippen molar-refractivity contribution in [2.75, 3.05) is 0 Å². The fourth-order valence-electron chi connectivity index (χ4n) is 3.81. The fourth-order valence-corrected chi connectivity index (χ4v) is 3.81. The quantitative estimate of drug-likeness (QED) is 0.585. The molecule has 1 heterocycles. The maximum absolute atomic E-state index is 9.31. The van der Waals surface area contributed by atoms with Crippen LogP contribution in [0.1, 0.15) is 47.8 Å². The average molecular weight is 368 g/mol. The van der Waals surface area contributed by atoms with Crippen molar-refractivity contribution >= 4 is 0 Å². The third-order valence-electron chi connectivity index (χ3n) is 5.38. The maximum Gasteiger partial charge on any atom is 0.126 e. The molecular weight excluding hydrogens is 344 g/mol. The summed E-state index contributed by atoms with van der Waals surface area (Å²) in [5, 5.41) is 9.31. The number of hydrogen-bond donors (Lipinski definition) is 0. The number of nitrogens with zero attached hydrogens (tertiary/aromatic N) is 2. The number of nitriles is 1. The Kier molecular flexibility index (Phi) is 5.39. The maximum atomic E-state index is 9.31. The number of hydrogen-bond acceptors (Lipinski definition) is 3. The minimum atomic E-state index is 0.541. The van der Waals surface area contributed by atoms with Gasteiger partial charge in [-0.2, -0.15) is 5.26 Å². The van der Waals surface area contributed by atoms with E-state index in [0.29, 0.717) is 12.2 Å². The fraction of sp³-hybridized carbons (Fsp3) is 0.280. The third-order valence-corrected chi connectivity index (χ3v) is 5.38. The highest BCUT2D eigenvalue weighted by Gasteiger charge is 2.17. The highest BCUT2D eigenvalue weighted by atomic mass is 16.5. The lowest BCUT2D eigenvalue weighted by Gasteiger charge is -2.20. The highest BCUT2D eigenvalue weighted by molar-refractivity contribution is 5.70. The van der Waals surface area contributed by atoms with Crippen LogP contribution in [0.5, 0.6) is 5.75 Å². The molecule has 3 heteroatoms. The number of rotatable bonds is 5. The second kappa shape index (κ2) is 8.27. The van der Waals surface area contributed by atoms with Crippen LogP contribution in [-0.2, 0) is 25.9 Å². The molecule has 1 aromatic heterocycles. The van der Waals surface area contributed by atoms with Gasteiger partial charge in [-0.05, 0) is 54.9 Å². The smallest absolute Gasteiger partial charge is 0.126 e. The number of benzene rings is 2. The monoisotopic (exact) mass is 368 g/mol. The Bertz CT molecular complexity index is 1020. The summed E-state index contributed by atoms with van der Waals surface area (Å²) in [5.74, 6) is 1.00. The van der Waals surface area contributed by atoms with Gasteiger partial charge in [0.1, 0.15) is 12.4 Å². The second-order valence-electron chi connectivity index (χ2n) is 7.24. The van der Waals surface area contributed by atoms with Crippen molar-refractivity contribution in [2.45, 2.75) is 45.6 Å². The Labute approximate surface area is 166 Å². The van der Waals surface area contributed by atoms with Crippen LogP contribution in [0.4, 0.5) is 0 Å². The molecular formula is C25H24N2O. The standard InChI is InChI=1S/C25H24N2O/c1-2-21-15-25(23-9-5-6-10-24(23)27-21)28-17-18-11-13-19(14-12-18)22-8-4-3-7-20(22)16-26/h3-4,7-8,11-15H,2,5-6,9-10,17H2,1H3. The molecule has 4 rings (SSSR count). The van der Waals surface area contributed by atoms with Gasteiger partial charge >= 0.3 is 0 Å². The molecule has 3 aromatic rings. The number of ether oxygens (including phenoxy) is 1. The van der Waals surface area contributed by atoms with Gasteiger partial charge in [-0.25, -0.2) is 0 Å². The zero-order valence-electron chi connectivity index (χ0n) is 16.2. The largest absolute Gasteiger partial charge is 0.488 e. The van der Waals surface area contributed by atoms with Gasteiger partial charge in [0.15, 0.2) is 0 Å². The van der Waals surface area contributed by atoms with Crippen molar-refractivity contribution in [3.05, 3.63) is 82.7 Å². The summed E-state index contributed by atoms with van der Waals surface area (Å²) >= 11 is 0. The summed E-state index contributed by atoms with van der Waals surface area (Å²) in [6.45, 7) is 2.68. The van der Waals surface area contributed by atoms with Gasteiger partial charge in [0, 0.05) is 23.0 Å². The van der Waals surface area contributed by atoms with Gasteiger partial charge in [-0.15, -0.1) is 0 Å². The molecule has 0 unspecified atom stereocenters. The molecule has 140 valence electrons. The minimum Gasteiger partial charge on any atom is -0.488 e. The summed E-state index contributed by atoms with van der Waals surface area (Å²) in [4.78, 5) is 4.80. The van der Waals surface area contributed by atoms with E-state index in [1.54, 1.807) is 0 Å². The van der Waals surface area contributed by atoms with Gasteiger partial charge in [-0.3, -0.25) is 4.98 Å². The zero-order chi connectivity index (χ0) is 19.3. The summed E-state index contributed by atoms with van der Waals surface area (Å²) in [6.07, 6.45) is 5.48. The molecule has 28 heavy (non-hydrogen) atoms. The molecule has 1 aliphatic carbocycles. The molecule has 0 saturated heterocycles. The van der Waals surface area contributed by atoms with E-state index in [2.05, 4.69) is 43.3 Å². The molecule has 0 aliphatic heterocycles. The molecule has 2 aromatic carbocycles. The van der Waals surface area contributed by atoms with Gasteiger partial charge in [0.05, 0.1) is 11.6 Å². The van der Waals surface area contributed by atoms with Gasteiger partial charge in [0.25, 0.3) is 0 Å². The lowest BCUT2D eigenvalue weighted by Crippen LogP contribution is -2.10. The van der Waals surface area contributed by atoms with Crippen LogP contribution in [0.2, 0.25) is 0 Å². The third kappa shape index (κ3) is 3.77. The van der Waals surface area contributed by atoms with Gasteiger partial charge in [0.2, 0.25) is 0 Å². The first-order valence-corrected chi connectivity index (χ1v) is 10.0. The average Bonchev–Trinajstić information content (AvgIpc) is 2.77. The lowest BCUT2D eigenvalue weighted by molar-refractivity contribution is 0.300. The topological polar surface area (TPSA) is 45.9 Å². The molecule has 0 radical (unpaired) electrons. The Balaban J connectivity index is 1.53. The second-order valence-corrected chi connectivity index (χ2v) is 7.24. The Hall–Kier alpha value is -3.12. The van der Waals surface area contributed by atoms with Crippen molar-refractivity contribution in [1.82, 2.24) is 4.98 Å². The van der Waals surface area contributed by atoms with Crippen LogP contribution in [0.3, 0.4) is 0 Å². The normalized spacial score (nSPS) is 12.9. The Morgan fingerprint density at radius 3 is 2.61 bits per heavy atom. The van der Waals surface area contributed by atoms with Crippen LogP contribution in [0.15, 0.2) is 54.6 Å². The van der Waals surface area contributed by atoms with E-state index in [4.69, 9.17) is 9.72 Å². The lowest BCUT2D eigenvalue weighted by atomic mass is 9.94. The molecule has 0 atom stereocenters. The predicted octanol–water partition coefficient (Wildman–Crippen LogP) is 5.64. The molecule has 1 aliphatic rings. The SMILES string of the molecule is CCc1cc(OCc2ccc(-c3ccccc3C#N)cc2)c2c(n1)CCCC2. The van der Waals surface area contributed by atoms with E-state index in [1.807, 2.05) is 24.3 Å². The van der Waals surface area contributed by atoms with Crippen LogP contribution >= 0.6 is 0 Å². The van der Waals surface area contributed by atoms with E-state index in [0.717, 1.165) is 47.4 Å². The molecule has 0 amide bonds. The Morgan fingerprint density at radius 2 is 1.82 bits per heavy atom. The number of aromatic nitrogens is 1. The van der Waals surface area contributed by atoms with Crippen molar-refractivity contribution in [3.63, 3.8) is 0 Å². The van der Waals surface area contributed by atoms with Crippen LogP contribution in [-0.4, -0.2) is 4.98 Å². The van der Waals surface area contributed by atoms with E-state index in [1.165, 1.54) is 24.1 Å². The van der Waals surface area contributed by atoms with E-state index >= 15 is 0 Å². The van der Waals surface area contributed by atoms with Crippen LogP contribution in [0, 0.1) is 11.3 Å². The van der Waals surface area contributed by atoms with E-state index < -0.39 is 0 Å². The van der Waals surface area contributed by atoms with Gasteiger partial charge in [-0.1, -0.05) is 49.4 Å². The molecule has 0 N–H and O–H groups in total. The number of fused-ring (bicyclic) bond motifs is 1. The van der Waals surface area contributed by atoms with Gasteiger partial charge < -0.3 is 4.74 Å². The first-order chi connectivity index (χ1) is 13.8. The first kappa shape index (κ1) is 18.3. The minimum absolute atomic E-state index is 0.541. The van der Waals surface area contributed by atoms with E-state index in [-0.39, 0.29) is 0 Å². The van der Waals surface area contributed by atoms with Crippen LogP contribution in [0.25, 0.3) is 11.1 Å². The summed E-state index contributed by atoms with van der Waals surface area (Å²) < 4.78 is 6.23. The highest BCUT2D eigenvalue weighted by Crippen LogP contribution is 2.30. The van der Waals surface area contributed by atoms with Crippen LogP contribution < -0.4 is 4.74 Å². The summed E-state index contributed by atoms with van der Waals surface area (Å²) in [6, 6.07) is 20.4. The summed E-state index contributed by atoms with van der Waals surface area (Å²) in [5.41, 5.74) is 7.47. The van der Waals surface area contributed by atoms with E-state index in [9.17, 15) is 5.26 Å². The molecule has 0 saturated carbocycles. The predicted molar refractivity (Wildman–Crippen MR) is 111 cm³/mol. The zero-order valence-corrected chi connectivity index (χ0v) is 16.2. The van der Waals surface area contributed by atoms with Crippen molar-refractivity contribution in [2.24, 2.45) is 0 Å². The van der Waals surface area contributed by atoms with Crippen molar-refractivity contribution in [1.29, 1.82) is 5.26 Å². The molecule has 0 fully saturated rings. The van der Waals surface area contributed by atoms with Crippen molar-refractivity contribution < 1.29 is 4.74 Å². The first-order valence-electron chi connectivity index (χ1n) is 10.0.